The Bertz CT molecular complexity index is 717. The van der Waals surface area contributed by atoms with Gasteiger partial charge in [-0.1, -0.05) is 13.0 Å². The van der Waals surface area contributed by atoms with Crippen LogP contribution in [0.25, 0.3) is 0 Å². The van der Waals surface area contributed by atoms with Crippen molar-refractivity contribution in [3.8, 4) is 0 Å². The molecule has 24 heavy (non-hydrogen) atoms. The number of anilines is 1. The standard InChI is InChI=1S/C16H22N2O5S/c1-2-9-24(22,23)17-13-6-3-5-12(10-13)16(21)18-8-4-7-14(18)11-15(19)20/h3,5-6,10,14,17H,2,4,7-9,11H2,1H3,(H,19,20). The molecule has 0 bridgehead atoms. The first-order valence-electron chi connectivity index (χ1n) is 7.95. The second-order valence-electron chi connectivity index (χ2n) is 5.89. The number of rotatable bonds is 7. The minimum atomic E-state index is -3.43. The summed E-state index contributed by atoms with van der Waals surface area (Å²) in [5.41, 5.74) is 0.687. The summed E-state index contributed by atoms with van der Waals surface area (Å²) < 4.78 is 26.1. The van der Waals surface area contributed by atoms with Gasteiger partial charge in [-0.2, -0.15) is 0 Å². The van der Waals surface area contributed by atoms with E-state index in [2.05, 4.69) is 4.72 Å². The number of carbonyl (C=O) groups is 2. The van der Waals surface area contributed by atoms with Gasteiger partial charge in [0.15, 0.2) is 0 Å². The maximum Gasteiger partial charge on any atom is 0.305 e. The Morgan fingerprint density at radius 2 is 2.12 bits per heavy atom. The topological polar surface area (TPSA) is 104 Å². The molecule has 1 saturated heterocycles. The molecule has 2 N–H and O–H groups in total. The molecular formula is C16H22N2O5S. The van der Waals surface area contributed by atoms with Gasteiger partial charge in [-0.25, -0.2) is 8.42 Å². The number of hydrogen-bond donors (Lipinski definition) is 2. The van der Waals surface area contributed by atoms with Gasteiger partial charge in [-0.15, -0.1) is 0 Å². The van der Waals surface area contributed by atoms with Crippen LogP contribution < -0.4 is 4.72 Å². The van der Waals surface area contributed by atoms with Gasteiger partial charge >= 0.3 is 5.97 Å². The van der Waals surface area contributed by atoms with Gasteiger partial charge in [0, 0.05) is 23.8 Å². The molecule has 1 aromatic carbocycles. The number of hydrogen-bond acceptors (Lipinski definition) is 4. The predicted octanol–water partition coefficient (Wildman–Crippen LogP) is 1.92. The fourth-order valence-corrected chi connectivity index (χ4v) is 4.02. The number of likely N-dealkylation sites (tertiary alicyclic amines) is 1. The molecule has 0 spiro atoms. The highest BCUT2D eigenvalue weighted by Gasteiger charge is 2.31. The molecule has 1 aromatic rings. The maximum absolute atomic E-state index is 12.6. The Kier molecular flexibility index (Phi) is 5.82. The Morgan fingerprint density at radius 3 is 2.79 bits per heavy atom. The lowest BCUT2D eigenvalue weighted by molar-refractivity contribution is -0.137. The van der Waals surface area contributed by atoms with E-state index in [0.29, 0.717) is 30.6 Å². The van der Waals surface area contributed by atoms with Gasteiger partial charge in [-0.05, 0) is 37.5 Å². The summed E-state index contributed by atoms with van der Waals surface area (Å²) in [5.74, 6) is -1.19. The lowest BCUT2D eigenvalue weighted by atomic mass is 10.1. The zero-order valence-corrected chi connectivity index (χ0v) is 14.4. The van der Waals surface area contributed by atoms with Crippen LogP contribution in [0.2, 0.25) is 0 Å². The van der Waals surface area contributed by atoms with E-state index < -0.39 is 16.0 Å². The van der Waals surface area contributed by atoms with E-state index >= 15 is 0 Å². The SMILES string of the molecule is CCCS(=O)(=O)Nc1cccc(C(=O)N2CCCC2CC(=O)O)c1. The smallest absolute Gasteiger partial charge is 0.305 e. The molecule has 1 aliphatic rings. The van der Waals surface area contributed by atoms with E-state index in [4.69, 9.17) is 5.11 Å². The zero-order chi connectivity index (χ0) is 17.7. The first kappa shape index (κ1) is 18.3. The van der Waals surface area contributed by atoms with E-state index in [1.165, 1.54) is 6.07 Å². The van der Waals surface area contributed by atoms with Crippen LogP contribution in [-0.4, -0.2) is 48.6 Å². The minimum absolute atomic E-state index is 0.0119. The van der Waals surface area contributed by atoms with Crippen LogP contribution in [-0.2, 0) is 14.8 Å². The van der Waals surface area contributed by atoms with Gasteiger partial charge in [-0.3, -0.25) is 14.3 Å². The van der Waals surface area contributed by atoms with Crippen LogP contribution in [0, 0.1) is 0 Å². The van der Waals surface area contributed by atoms with Crippen LogP contribution in [0.15, 0.2) is 24.3 Å². The quantitative estimate of drug-likeness (QED) is 0.778. The molecule has 1 atom stereocenters. The summed E-state index contributed by atoms with van der Waals surface area (Å²) >= 11 is 0. The highest BCUT2D eigenvalue weighted by molar-refractivity contribution is 7.92. The Labute approximate surface area is 141 Å². The molecular weight excluding hydrogens is 332 g/mol. The summed E-state index contributed by atoms with van der Waals surface area (Å²) in [6.07, 6.45) is 1.86. The molecule has 1 unspecified atom stereocenters. The lowest BCUT2D eigenvalue weighted by Crippen LogP contribution is -2.36. The molecule has 1 heterocycles. The predicted molar refractivity (Wildman–Crippen MR) is 90.5 cm³/mol. The molecule has 1 amide bonds. The van der Waals surface area contributed by atoms with Crippen molar-refractivity contribution in [1.29, 1.82) is 0 Å². The van der Waals surface area contributed by atoms with Gasteiger partial charge in [0.1, 0.15) is 0 Å². The Hall–Kier alpha value is -2.09. The average Bonchev–Trinajstić information content (AvgIpc) is 2.93. The summed E-state index contributed by atoms with van der Waals surface area (Å²) in [5, 5.41) is 8.95. The molecule has 0 aliphatic carbocycles. The summed E-state index contributed by atoms with van der Waals surface area (Å²) in [6, 6.07) is 5.99. The van der Waals surface area contributed by atoms with Crippen LogP contribution >= 0.6 is 0 Å². The van der Waals surface area contributed by atoms with Crippen molar-refractivity contribution < 1.29 is 23.1 Å². The molecule has 8 heteroatoms. The van der Waals surface area contributed by atoms with E-state index in [1.807, 2.05) is 0 Å². The number of nitrogens with zero attached hydrogens (tertiary/aromatic N) is 1. The number of sulfonamides is 1. The van der Waals surface area contributed by atoms with Crippen LogP contribution in [0.4, 0.5) is 5.69 Å². The van der Waals surface area contributed by atoms with E-state index in [1.54, 1.807) is 30.0 Å². The summed E-state index contributed by atoms with van der Waals surface area (Å²) in [7, 11) is -3.43. The van der Waals surface area contributed by atoms with E-state index in [9.17, 15) is 18.0 Å². The molecule has 1 fully saturated rings. The van der Waals surface area contributed by atoms with Gasteiger partial charge in [0.25, 0.3) is 5.91 Å². The largest absolute Gasteiger partial charge is 0.481 e. The van der Waals surface area contributed by atoms with Crippen molar-refractivity contribution >= 4 is 27.6 Å². The van der Waals surface area contributed by atoms with Crippen molar-refractivity contribution in [1.82, 2.24) is 4.90 Å². The molecule has 0 radical (unpaired) electrons. The maximum atomic E-state index is 12.6. The number of carboxylic acids is 1. The Balaban J connectivity index is 2.15. The third-order valence-corrected chi connectivity index (χ3v) is 5.40. The van der Waals surface area contributed by atoms with Crippen molar-refractivity contribution in [3.63, 3.8) is 0 Å². The molecule has 7 nitrogen and oxygen atoms in total. The fraction of sp³-hybridized carbons (Fsp3) is 0.500. The third-order valence-electron chi connectivity index (χ3n) is 3.90. The van der Waals surface area contributed by atoms with Gasteiger partial charge in [0.2, 0.25) is 10.0 Å². The van der Waals surface area contributed by atoms with Crippen LogP contribution in [0.5, 0.6) is 0 Å². The molecule has 0 aromatic heterocycles. The first-order valence-corrected chi connectivity index (χ1v) is 9.61. The second-order valence-corrected chi connectivity index (χ2v) is 7.74. The number of aliphatic carboxylic acids is 1. The van der Waals surface area contributed by atoms with Crippen molar-refractivity contribution in [2.45, 2.75) is 38.6 Å². The monoisotopic (exact) mass is 354 g/mol. The van der Waals surface area contributed by atoms with Gasteiger partial charge < -0.3 is 10.0 Å². The van der Waals surface area contributed by atoms with E-state index in [0.717, 1.165) is 6.42 Å². The van der Waals surface area contributed by atoms with Crippen LogP contribution in [0.1, 0.15) is 43.0 Å². The molecule has 132 valence electrons. The summed E-state index contributed by atoms with van der Waals surface area (Å²) in [4.78, 5) is 25.1. The third kappa shape index (κ3) is 4.70. The zero-order valence-electron chi connectivity index (χ0n) is 13.6. The number of benzene rings is 1. The second kappa shape index (κ2) is 7.65. The normalized spacial score (nSPS) is 17.7. The highest BCUT2D eigenvalue weighted by Crippen LogP contribution is 2.23. The first-order chi connectivity index (χ1) is 11.3. The highest BCUT2D eigenvalue weighted by atomic mass is 32.2. The van der Waals surface area contributed by atoms with Crippen molar-refractivity contribution in [2.75, 3.05) is 17.0 Å². The number of carboxylic acid groups (broad SMARTS) is 1. The van der Waals surface area contributed by atoms with Crippen molar-refractivity contribution in [2.24, 2.45) is 0 Å². The Morgan fingerprint density at radius 1 is 1.38 bits per heavy atom. The van der Waals surface area contributed by atoms with Gasteiger partial charge in [0.05, 0.1) is 12.2 Å². The number of carbonyl (C=O) groups excluding carboxylic acids is 1. The molecule has 2 rings (SSSR count). The van der Waals surface area contributed by atoms with Crippen LogP contribution in [0.3, 0.4) is 0 Å². The summed E-state index contributed by atoms with van der Waals surface area (Å²) in [6.45, 7) is 2.29. The van der Waals surface area contributed by atoms with E-state index in [-0.39, 0.29) is 24.1 Å². The lowest BCUT2D eigenvalue weighted by Gasteiger charge is -2.23. The minimum Gasteiger partial charge on any atom is -0.481 e. The molecule has 0 saturated carbocycles. The van der Waals surface area contributed by atoms with Crippen molar-refractivity contribution in [3.05, 3.63) is 29.8 Å². The average molecular weight is 354 g/mol. The molecule has 1 aliphatic heterocycles. The fourth-order valence-electron chi connectivity index (χ4n) is 2.90. The number of amides is 1. The number of nitrogens with one attached hydrogen (secondary N) is 1.